The maximum absolute atomic E-state index is 12.2. The molecule has 0 spiro atoms. The number of aryl methyl sites for hydroxylation is 1. The highest BCUT2D eigenvalue weighted by molar-refractivity contribution is 5.81. The van der Waals surface area contributed by atoms with Crippen molar-refractivity contribution >= 4 is 11.7 Å². The molecule has 0 heterocycles. The Morgan fingerprint density at radius 3 is 2.55 bits per heavy atom. The zero-order valence-electron chi connectivity index (χ0n) is 13.2. The van der Waals surface area contributed by atoms with E-state index in [1.54, 1.807) is 0 Å². The van der Waals surface area contributed by atoms with E-state index in [1.807, 2.05) is 40.0 Å². The van der Waals surface area contributed by atoms with Crippen LogP contribution in [-0.2, 0) is 9.53 Å². The van der Waals surface area contributed by atoms with Crippen LogP contribution in [0.2, 0.25) is 0 Å². The molecule has 20 heavy (non-hydrogen) atoms. The summed E-state index contributed by atoms with van der Waals surface area (Å²) < 4.78 is 5.20. The molecule has 0 bridgehead atoms. The maximum atomic E-state index is 12.2. The fourth-order valence-corrected chi connectivity index (χ4v) is 2.42. The standard InChI is InChI=1S/C16H26N2O2/c1-6-17-16(4,15(19)20-7-2)12-18(5)14-11-9-8-10-13(14)3/h8-11,17H,6-7,12H2,1-5H3. The SMILES string of the molecule is CCNC(C)(CN(C)c1ccccc1C)C(=O)OCC. The maximum Gasteiger partial charge on any atom is 0.327 e. The van der Waals surface area contributed by atoms with Crippen molar-refractivity contribution in [2.45, 2.75) is 33.2 Å². The minimum atomic E-state index is -0.707. The first-order valence-electron chi connectivity index (χ1n) is 7.13. The number of hydrogen-bond donors (Lipinski definition) is 1. The molecule has 0 saturated carbocycles. The Morgan fingerprint density at radius 1 is 1.35 bits per heavy atom. The van der Waals surface area contributed by atoms with E-state index in [9.17, 15) is 4.79 Å². The molecule has 0 saturated heterocycles. The highest BCUT2D eigenvalue weighted by atomic mass is 16.5. The molecule has 112 valence electrons. The van der Waals surface area contributed by atoms with Crippen molar-refractivity contribution in [1.82, 2.24) is 5.32 Å². The molecule has 0 fully saturated rings. The monoisotopic (exact) mass is 278 g/mol. The van der Waals surface area contributed by atoms with E-state index >= 15 is 0 Å². The van der Waals surface area contributed by atoms with Crippen molar-refractivity contribution in [3.05, 3.63) is 29.8 Å². The lowest BCUT2D eigenvalue weighted by atomic mass is 10.0. The van der Waals surface area contributed by atoms with Crippen LogP contribution in [0.25, 0.3) is 0 Å². The van der Waals surface area contributed by atoms with Gasteiger partial charge in [0, 0.05) is 19.3 Å². The van der Waals surface area contributed by atoms with Crippen molar-refractivity contribution in [2.24, 2.45) is 0 Å². The van der Waals surface area contributed by atoms with Crippen molar-refractivity contribution in [3.8, 4) is 0 Å². The number of benzene rings is 1. The average Bonchev–Trinajstić information content (AvgIpc) is 2.39. The van der Waals surface area contributed by atoms with Gasteiger partial charge in [0.05, 0.1) is 6.61 Å². The number of nitrogens with zero attached hydrogens (tertiary/aromatic N) is 1. The van der Waals surface area contributed by atoms with E-state index in [0.717, 1.165) is 12.2 Å². The van der Waals surface area contributed by atoms with Crippen molar-refractivity contribution < 1.29 is 9.53 Å². The molecule has 1 atom stereocenters. The quantitative estimate of drug-likeness (QED) is 0.778. The van der Waals surface area contributed by atoms with Crippen LogP contribution in [0.4, 0.5) is 5.69 Å². The number of rotatable bonds is 7. The van der Waals surface area contributed by atoms with Crippen molar-refractivity contribution in [3.63, 3.8) is 0 Å². The van der Waals surface area contributed by atoms with Gasteiger partial charge in [-0.3, -0.25) is 0 Å². The Hall–Kier alpha value is -1.55. The van der Waals surface area contributed by atoms with Gasteiger partial charge >= 0.3 is 5.97 Å². The fourth-order valence-electron chi connectivity index (χ4n) is 2.42. The third kappa shape index (κ3) is 3.97. The third-order valence-electron chi connectivity index (χ3n) is 3.37. The molecular weight excluding hydrogens is 252 g/mol. The number of carbonyl (C=O) groups excluding carboxylic acids is 1. The van der Waals surface area contributed by atoms with E-state index < -0.39 is 5.54 Å². The molecule has 1 N–H and O–H groups in total. The Bertz CT molecular complexity index is 448. The molecule has 0 radical (unpaired) electrons. The largest absolute Gasteiger partial charge is 0.465 e. The highest BCUT2D eigenvalue weighted by Crippen LogP contribution is 2.20. The van der Waals surface area contributed by atoms with Gasteiger partial charge in [-0.15, -0.1) is 0 Å². The highest BCUT2D eigenvalue weighted by Gasteiger charge is 2.35. The van der Waals surface area contributed by atoms with Gasteiger partial charge in [-0.25, -0.2) is 4.79 Å². The normalized spacial score (nSPS) is 13.7. The number of carbonyl (C=O) groups is 1. The molecule has 0 aliphatic heterocycles. The van der Waals surface area contributed by atoms with E-state index in [1.165, 1.54) is 5.56 Å². The Labute approximate surface area is 122 Å². The van der Waals surface area contributed by atoms with Crippen LogP contribution in [-0.4, -0.2) is 38.3 Å². The molecule has 4 heteroatoms. The summed E-state index contributed by atoms with van der Waals surface area (Å²) in [5.41, 5.74) is 1.61. The summed E-state index contributed by atoms with van der Waals surface area (Å²) in [6, 6.07) is 8.16. The Kier molecular flexibility index (Phi) is 6.02. The molecule has 1 aromatic carbocycles. The molecule has 0 aromatic heterocycles. The fraction of sp³-hybridized carbons (Fsp3) is 0.562. The van der Waals surface area contributed by atoms with Crippen LogP contribution in [0.3, 0.4) is 0 Å². The number of anilines is 1. The minimum Gasteiger partial charge on any atom is -0.465 e. The second-order valence-corrected chi connectivity index (χ2v) is 5.23. The zero-order valence-corrected chi connectivity index (χ0v) is 13.2. The number of likely N-dealkylation sites (N-methyl/N-ethyl adjacent to an activating group) is 2. The van der Waals surface area contributed by atoms with Gasteiger partial charge in [0.1, 0.15) is 5.54 Å². The first kappa shape index (κ1) is 16.5. The molecule has 0 amide bonds. The molecule has 1 rings (SSSR count). The van der Waals surface area contributed by atoms with E-state index in [4.69, 9.17) is 4.74 Å². The molecule has 1 unspecified atom stereocenters. The second-order valence-electron chi connectivity index (χ2n) is 5.23. The van der Waals surface area contributed by atoms with Crippen molar-refractivity contribution in [1.29, 1.82) is 0 Å². The van der Waals surface area contributed by atoms with E-state index in [-0.39, 0.29) is 5.97 Å². The predicted molar refractivity (Wildman–Crippen MR) is 83.2 cm³/mol. The number of nitrogens with one attached hydrogen (secondary N) is 1. The number of para-hydroxylation sites is 1. The lowest BCUT2D eigenvalue weighted by Gasteiger charge is -2.34. The van der Waals surface area contributed by atoms with Crippen LogP contribution in [0.15, 0.2) is 24.3 Å². The lowest BCUT2D eigenvalue weighted by molar-refractivity contribution is -0.150. The van der Waals surface area contributed by atoms with Gasteiger partial charge in [-0.1, -0.05) is 25.1 Å². The van der Waals surface area contributed by atoms with Crippen LogP contribution >= 0.6 is 0 Å². The Balaban J connectivity index is 2.90. The molecule has 0 aliphatic rings. The summed E-state index contributed by atoms with van der Waals surface area (Å²) in [6.07, 6.45) is 0. The van der Waals surface area contributed by atoms with Crippen LogP contribution in [0, 0.1) is 6.92 Å². The summed E-state index contributed by atoms with van der Waals surface area (Å²) in [6.45, 7) is 9.46. The average molecular weight is 278 g/mol. The van der Waals surface area contributed by atoms with Gasteiger partial charge in [0.2, 0.25) is 0 Å². The van der Waals surface area contributed by atoms with E-state index in [2.05, 4.69) is 29.3 Å². The molecule has 1 aromatic rings. The first-order chi connectivity index (χ1) is 9.44. The minimum absolute atomic E-state index is 0.206. The number of ether oxygens (including phenoxy) is 1. The van der Waals surface area contributed by atoms with Crippen LogP contribution in [0.5, 0.6) is 0 Å². The zero-order chi connectivity index (χ0) is 15.2. The predicted octanol–water partition coefficient (Wildman–Crippen LogP) is 2.36. The van der Waals surface area contributed by atoms with Crippen LogP contribution < -0.4 is 10.2 Å². The van der Waals surface area contributed by atoms with Gasteiger partial charge in [0.15, 0.2) is 0 Å². The summed E-state index contributed by atoms with van der Waals surface area (Å²) in [7, 11) is 2.00. The van der Waals surface area contributed by atoms with Gasteiger partial charge < -0.3 is 15.0 Å². The number of esters is 1. The third-order valence-corrected chi connectivity index (χ3v) is 3.37. The summed E-state index contributed by atoms with van der Waals surface area (Å²) in [5, 5.41) is 3.25. The first-order valence-corrected chi connectivity index (χ1v) is 7.13. The van der Waals surface area contributed by atoms with Gasteiger partial charge in [-0.2, -0.15) is 0 Å². The Morgan fingerprint density at radius 2 is 2.00 bits per heavy atom. The van der Waals surface area contributed by atoms with Crippen LogP contribution in [0.1, 0.15) is 26.3 Å². The molecule has 0 aliphatic carbocycles. The smallest absolute Gasteiger partial charge is 0.327 e. The van der Waals surface area contributed by atoms with Crippen molar-refractivity contribution in [2.75, 3.05) is 31.6 Å². The number of hydrogen-bond acceptors (Lipinski definition) is 4. The summed E-state index contributed by atoms with van der Waals surface area (Å²) in [5.74, 6) is -0.206. The summed E-state index contributed by atoms with van der Waals surface area (Å²) >= 11 is 0. The van der Waals surface area contributed by atoms with Gasteiger partial charge in [0.25, 0.3) is 0 Å². The topological polar surface area (TPSA) is 41.6 Å². The molecule has 4 nitrogen and oxygen atoms in total. The lowest BCUT2D eigenvalue weighted by Crippen LogP contribution is -2.57. The summed E-state index contributed by atoms with van der Waals surface area (Å²) in [4.78, 5) is 14.3. The van der Waals surface area contributed by atoms with Gasteiger partial charge in [-0.05, 0) is 38.9 Å². The molecular formula is C16H26N2O2. The van der Waals surface area contributed by atoms with E-state index in [0.29, 0.717) is 13.2 Å². The second kappa shape index (κ2) is 7.29.